The molecule has 0 aromatic heterocycles. The maximum Gasteiger partial charge on any atom is 0.389 e. The Kier molecular flexibility index (Phi) is 4.82. The summed E-state index contributed by atoms with van der Waals surface area (Å²) >= 11 is 0. The van der Waals surface area contributed by atoms with Gasteiger partial charge in [-0.25, -0.2) is 8.42 Å². The summed E-state index contributed by atoms with van der Waals surface area (Å²) in [5.41, 5.74) is 5.62. The largest absolute Gasteiger partial charge is 0.389 e. The standard InChI is InChI=1S/C9H18F3NO2S/c1-8(2,16(3,14)15)7(13)5-4-6-9(10,11)12/h7H,4-6,13H2,1-3H3. The number of hydrogen-bond donors (Lipinski definition) is 1. The van der Waals surface area contributed by atoms with Crippen molar-refractivity contribution in [3.05, 3.63) is 0 Å². The van der Waals surface area contributed by atoms with Gasteiger partial charge in [0.2, 0.25) is 0 Å². The Morgan fingerprint density at radius 1 is 1.25 bits per heavy atom. The molecule has 0 radical (unpaired) electrons. The molecule has 98 valence electrons. The number of alkyl halides is 3. The van der Waals surface area contributed by atoms with E-state index in [-0.39, 0.29) is 12.8 Å². The van der Waals surface area contributed by atoms with Gasteiger partial charge < -0.3 is 5.73 Å². The third-order valence-electron chi connectivity index (χ3n) is 2.82. The van der Waals surface area contributed by atoms with Crippen molar-refractivity contribution in [2.75, 3.05) is 6.26 Å². The topological polar surface area (TPSA) is 60.2 Å². The molecule has 0 heterocycles. The van der Waals surface area contributed by atoms with E-state index in [1.165, 1.54) is 13.8 Å². The van der Waals surface area contributed by atoms with Gasteiger partial charge in [0, 0.05) is 18.7 Å². The summed E-state index contributed by atoms with van der Waals surface area (Å²) in [6, 6.07) is -0.787. The summed E-state index contributed by atoms with van der Waals surface area (Å²) in [5.74, 6) is 0. The third-order valence-corrected chi connectivity index (χ3v) is 5.04. The van der Waals surface area contributed by atoms with E-state index in [1.54, 1.807) is 0 Å². The number of rotatable bonds is 5. The van der Waals surface area contributed by atoms with Gasteiger partial charge in [-0.15, -0.1) is 0 Å². The van der Waals surface area contributed by atoms with Crippen molar-refractivity contribution in [2.45, 2.75) is 50.1 Å². The molecule has 1 atom stereocenters. The Morgan fingerprint density at radius 3 is 2.00 bits per heavy atom. The monoisotopic (exact) mass is 261 g/mol. The van der Waals surface area contributed by atoms with E-state index in [0.29, 0.717) is 0 Å². The molecule has 0 fully saturated rings. The highest BCUT2D eigenvalue weighted by Crippen LogP contribution is 2.26. The van der Waals surface area contributed by atoms with Crippen LogP contribution in [0.3, 0.4) is 0 Å². The van der Waals surface area contributed by atoms with Gasteiger partial charge >= 0.3 is 6.18 Å². The lowest BCUT2D eigenvalue weighted by Crippen LogP contribution is -2.48. The summed E-state index contributed by atoms with van der Waals surface area (Å²) in [6.07, 6.45) is -4.21. The molecule has 3 nitrogen and oxygen atoms in total. The van der Waals surface area contributed by atoms with Crippen molar-refractivity contribution in [1.29, 1.82) is 0 Å². The molecule has 0 rings (SSSR count). The molecule has 0 aliphatic heterocycles. The van der Waals surface area contributed by atoms with Crippen molar-refractivity contribution in [2.24, 2.45) is 5.73 Å². The average Bonchev–Trinajstić information content (AvgIpc) is 1.99. The summed E-state index contributed by atoms with van der Waals surface area (Å²) in [5, 5.41) is 0. The van der Waals surface area contributed by atoms with Crippen LogP contribution in [0.15, 0.2) is 0 Å². The minimum Gasteiger partial charge on any atom is -0.326 e. The van der Waals surface area contributed by atoms with Crippen molar-refractivity contribution < 1.29 is 21.6 Å². The molecule has 1 unspecified atom stereocenters. The van der Waals surface area contributed by atoms with E-state index in [1.807, 2.05) is 0 Å². The molecular weight excluding hydrogens is 243 g/mol. The van der Waals surface area contributed by atoms with Crippen LogP contribution >= 0.6 is 0 Å². The summed E-state index contributed by atoms with van der Waals surface area (Å²) < 4.78 is 57.1. The van der Waals surface area contributed by atoms with Crippen molar-refractivity contribution >= 4 is 9.84 Å². The number of halogens is 3. The second kappa shape index (κ2) is 4.91. The van der Waals surface area contributed by atoms with E-state index in [9.17, 15) is 21.6 Å². The predicted octanol–water partition coefficient (Wildman–Crippen LogP) is 1.87. The number of nitrogens with two attached hydrogens (primary N) is 1. The Labute approximate surface area is 94.1 Å². The van der Waals surface area contributed by atoms with Crippen LogP contribution in [0, 0.1) is 0 Å². The molecule has 0 spiro atoms. The lowest BCUT2D eigenvalue weighted by Gasteiger charge is -2.29. The van der Waals surface area contributed by atoms with Crippen LogP contribution in [0.5, 0.6) is 0 Å². The smallest absolute Gasteiger partial charge is 0.326 e. The molecule has 0 saturated carbocycles. The molecule has 16 heavy (non-hydrogen) atoms. The zero-order valence-electron chi connectivity index (χ0n) is 9.63. The van der Waals surface area contributed by atoms with Crippen molar-refractivity contribution in [3.8, 4) is 0 Å². The average molecular weight is 261 g/mol. The van der Waals surface area contributed by atoms with Gasteiger partial charge in [0.15, 0.2) is 9.84 Å². The highest BCUT2D eigenvalue weighted by atomic mass is 32.2. The first kappa shape index (κ1) is 15.7. The van der Waals surface area contributed by atoms with Gasteiger partial charge in [-0.05, 0) is 26.7 Å². The fourth-order valence-corrected chi connectivity index (χ4v) is 1.81. The molecular formula is C9H18F3NO2S. The Balaban J connectivity index is 4.33. The molecule has 0 saturated heterocycles. The lowest BCUT2D eigenvalue weighted by atomic mass is 9.98. The van der Waals surface area contributed by atoms with E-state index in [4.69, 9.17) is 5.73 Å². The van der Waals surface area contributed by atoms with E-state index < -0.39 is 33.2 Å². The molecule has 0 aromatic rings. The molecule has 0 aliphatic rings. The number of sulfone groups is 1. The first-order chi connectivity index (χ1) is 6.88. The SMILES string of the molecule is CC(C)(C(N)CCCC(F)(F)F)S(C)(=O)=O. The van der Waals surface area contributed by atoms with E-state index in [0.717, 1.165) is 6.26 Å². The van der Waals surface area contributed by atoms with Crippen LogP contribution in [0.2, 0.25) is 0 Å². The Bertz CT molecular complexity index is 322. The lowest BCUT2D eigenvalue weighted by molar-refractivity contribution is -0.135. The van der Waals surface area contributed by atoms with Crippen LogP contribution in [0.1, 0.15) is 33.1 Å². The van der Waals surface area contributed by atoms with Crippen LogP contribution in [-0.2, 0) is 9.84 Å². The summed E-state index contributed by atoms with van der Waals surface area (Å²) in [7, 11) is -3.37. The fourth-order valence-electron chi connectivity index (χ4n) is 1.14. The van der Waals surface area contributed by atoms with Crippen LogP contribution in [0.25, 0.3) is 0 Å². The van der Waals surface area contributed by atoms with Gasteiger partial charge in [-0.3, -0.25) is 0 Å². The molecule has 0 aliphatic carbocycles. The van der Waals surface area contributed by atoms with Gasteiger partial charge in [-0.1, -0.05) is 0 Å². The van der Waals surface area contributed by atoms with Gasteiger partial charge in [0.05, 0.1) is 4.75 Å². The van der Waals surface area contributed by atoms with E-state index in [2.05, 4.69) is 0 Å². The minimum atomic E-state index is -4.21. The van der Waals surface area contributed by atoms with E-state index >= 15 is 0 Å². The van der Waals surface area contributed by atoms with Crippen molar-refractivity contribution in [3.63, 3.8) is 0 Å². The number of hydrogen-bond acceptors (Lipinski definition) is 3. The third kappa shape index (κ3) is 4.69. The molecule has 0 bridgehead atoms. The van der Waals surface area contributed by atoms with Crippen LogP contribution in [-0.4, -0.2) is 31.6 Å². The Hall–Kier alpha value is -0.300. The predicted molar refractivity (Wildman–Crippen MR) is 56.8 cm³/mol. The molecule has 7 heteroatoms. The summed E-state index contributed by atoms with van der Waals surface area (Å²) in [6.45, 7) is 2.86. The van der Waals surface area contributed by atoms with Gasteiger partial charge in [0.25, 0.3) is 0 Å². The maximum atomic E-state index is 11.9. The maximum absolute atomic E-state index is 11.9. The second-order valence-corrected chi connectivity index (χ2v) is 7.09. The summed E-state index contributed by atoms with van der Waals surface area (Å²) in [4.78, 5) is 0. The van der Waals surface area contributed by atoms with Crippen LogP contribution in [0.4, 0.5) is 13.2 Å². The van der Waals surface area contributed by atoms with Gasteiger partial charge in [0.1, 0.15) is 0 Å². The normalized spacial score (nSPS) is 16.2. The highest BCUT2D eigenvalue weighted by molar-refractivity contribution is 7.92. The zero-order chi connectivity index (χ0) is 13.2. The molecule has 2 N–H and O–H groups in total. The minimum absolute atomic E-state index is 0.0413. The van der Waals surface area contributed by atoms with Gasteiger partial charge in [-0.2, -0.15) is 13.2 Å². The molecule has 0 amide bonds. The molecule has 0 aromatic carbocycles. The highest BCUT2D eigenvalue weighted by Gasteiger charge is 2.37. The second-order valence-electron chi connectivity index (χ2n) is 4.49. The zero-order valence-corrected chi connectivity index (χ0v) is 10.5. The van der Waals surface area contributed by atoms with Crippen LogP contribution < -0.4 is 5.73 Å². The van der Waals surface area contributed by atoms with Crippen molar-refractivity contribution in [1.82, 2.24) is 0 Å². The first-order valence-electron chi connectivity index (χ1n) is 4.90. The first-order valence-corrected chi connectivity index (χ1v) is 6.79. The Morgan fingerprint density at radius 2 is 1.69 bits per heavy atom. The fraction of sp³-hybridized carbons (Fsp3) is 1.00. The quantitative estimate of drug-likeness (QED) is 0.822.